The number of rotatable bonds is 7. The Labute approximate surface area is 169 Å². The van der Waals surface area contributed by atoms with Gasteiger partial charge in [0.05, 0.1) is 5.69 Å². The first-order valence-electron chi connectivity index (χ1n) is 9.65. The summed E-state index contributed by atoms with van der Waals surface area (Å²) in [5, 5.41) is 2.78. The van der Waals surface area contributed by atoms with Crippen LogP contribution in [0.25, 0.3) is 17.2 Å². The van der Waals surface area contributed by atoms with Crippen LogP contribution in [0.4, 0.5) is 4.79 Å². The van der Waals surface area contributed by atoms with Crippen LogP contribution in [0.15, 0.2) is 66.9 Å². The first-order chi connectivity index (χ1) is 14.3. The third-order valence-electron chi connectivity index (χ3n) is 5.09. The van der Waals surface area contributed by atoms with Crippen molar-refractivity contribution in [2.75, 3.05) is 13.2 Å². The number of aromatic nitrogens is 1. The Hall–Kier alpha value is -3.60. The number of benzene rings is 2. The average molecular weight is 386 g/mol. The number of hydrogen-bond donors (Lipinski definition) is 2. The molecule has 0 atom stereocenters. The van der Waals surface area contributed by atoms with Gasteiger partial charge in [-0.25, -0.2) is 4.79 Å². The van der Waals surface area contributed by atoms with Gasteiger partial charge in [-0.15, -0.1) is 0 Å². The molecule has 3 aromatic rings. The van der Waals surface area contributed by atoms with Crippen molar-refractivity contribution >= 4 is 18.5 Å². The molecule has 1 aliphatic rings. The van der Waals surface area contributed by atoms with Crippen LogP contribution in [0.2, 0.25) is 0 Å². The van der Waals surface area contributed by atoms with E-state index in [2.05, 4.69) is 34.6 Å². The summed E-state index contributed by atoms with van der Waals surface area (Å²) in [5.41, 5.74) is 6.29. The van der Waals surface area contributed by atoms with Crippen LogP contribution in [0, 0.1) is 0 Å². The fourth-order valence-corrected chi connectivity index (χ4v) is 3.72. The Balaban J connectivity index is 1.27. The largest absolute Gasteiger partial charge is 0.449 e. The molecule has 0 unspecified atom stereocenters. The zero-order valence-corrected chi connectivity index (χ0v) is 15.9. The van der Waals surface area contributed by atoms with E-state index in [9.17, 15) is 9.59 Å². The summed E-state index contributed by atoms with van der Waals surface area (Å²) in [6.07, 6.45) is 6.65. The Morgan fingerprint density at radius 3 is 2.41 bits per heavy atom. The molecular weight excluding hydrogens is 364 g/mol. The minimum atomic E-state index is -0.412. The van der Waals surface area contributed by atoms with Crippen LogP contribution in [0.1, 0.15) is 39.5 Å². The topological polar surface area (TPSA) is 71.2 Å². The molecule has 1 aromatic heterocycles. The van der Waals surface area contributed by atoms with Gasteiger partial charge >= 0.3 is 6.09 Å². The molecule has 146 valence electrons. The first-order valence-corrected chi connectivity index (χ1v) is 9.65. The summed E-state index contributed by atoms with van der Waals surface area (Å²) in [6, 6.07) is 18.3. The lowest BCUT2D eigenvalue weighted by Crippen LogP contribution is -2.26. The van der Waals surface area contributed by atoms with Crippen molar-refractivity contribution in [3.63, 3.8) is 0 Å². The maximum atomic E-state index is 12.1. The van der Waals surface area contributed by atoms with Gasteiger partial charge in [-0.2, -0.15) is 0 Å². The van der Waals surface area contributed by atoms with Crippen molar-refractivity contribution in [2.45, 2.75) is 12.3 Å². The lowest BCUT2D eigenvalue weighted by Gasteiger charge is -2.14. The maximum Gasteiger partial charge on any atom is 0.407 e. The summed E-state index contributed by atoms with van der Waals surface area (Å²) >= 11 is 0. The van der Waals surface area contributed by atoms with Crippen LogP contribution in [0.3, 0.4) is 0 Å². The third-order valence-corrected chi connectivity index (χ3v) is 5.09. The van der Waals surface area contributed by atoms with E-state index >= 15 is 0 Å². The van der Waals surface area contributed by atoms with Crippen molar-refractivity contribution in [1.82, 2.24) is 10.3 Å². The molecule has 0 spiro atoms. The second kappa shape index (κ2) is 8.61. The van der Waals surface area contributed by atoms with Crippen LogP contribution >= 0.6 is 0 Å². The standard InChI is InChI=1S/C24H22N2O3/c27-15-18-13-17(14-26-18)7-5-6-12-25-24(28)29-16-23-21-10-3-1-8-19(21)20-9-2-4-11-22(20)23/h1-5,7-11,13-15,23,26H,6,12,16H2,(H,25,28). The average Bonchev–Trinajstić information content (AvgIpc) is 3.34. The Kier molecular flexibility index (Phi) is 5.56. The fraction of sp³-hybridized carbons (Fsp3) is 0.167. The molecule has 2 N–H and O–H groups in total. The zero-order valence-electron chi connectivity index (χ0n) is 15.9. The molecule has 5 heteroatoms. The fourth-order valence-electron chi connectivity index (χ4n) is 3.72. The Morgan fingerprint density at radius 2 is 1.76 bits per heavy atom. The highest BCUT2D eigenvalue weighted by Gasteiger charge is 2.28. The smallest absolute Gasteiger partial charge is 0.407 e. The number of amides is 1. The maximum absolute atomic E-state index is 12.1. The summed E-state index contributed by atoms with van der Waals surface area (Å²) in [5.74, 6) is 0.0636. The summed E-state index contributed by atoms with van der Waals surface area (Å²) < 4.78 is 5.50. The van der Waals surface area contributed by atoms with Crippen LogP contribution in [-0.2, 0) is 4.74 Å². The molecule has 0 saturated heterocycles. The molecule has 4 rings (SSSR count). The monoisotopic (exact) mass is 386 g/mol. The molecule has 0 radical (unpaired) electrons. The number of aromatic amines is 1. The number of nitrogens with one attached hydrogen (secondary N) is 2. The van der Waals surface area contributed by atoms with Crippen LogP contribution in [-0.4, -0.2) is 30.5 Å². The second-order valence-corrected chi connectivity index (χ2v) is 6.95. The molecule has 0 fully saturated rings. The predicted molar refractivity (Wildman–Crippen MR) is 113 cm³/mol. The van der Waals surface area contributed by atoms with Crippen molar-refractivity contribution in [2.24, 2.45) is 0 Å². The van der Waals surface area contributed by atoms with E-state index in [-0.39, 0.29) is 5.92 Å². The summed E-state index contributed by atoms with van der Waals surface area (Å²) in [6.45, 7) is 0.797. The second-order valence-electron chi connectivity index (χ2n) is 6.95. The number of carbonyl (C=O) groups is 2. The van der Waals surface area contributed by atoms with Gasteiger partial charge in [0, 0.05) is 18.7 Å². The van der Waals surface area contributed by atoms with Gasteiger partial charge in [0.15, 0.2) is 6.29 Å². The highest BCUT2D eigenvalue weighted by Crippen LogP contribution is 2.44. The molecule has 1 heterocycles. The van der Waals surface area contributed by atoms with Gasteiger partial charge in [-0.3, -0.25) is 4.79 Å². The molecule has 0 aliphatic heterocycles. The number of alkyl carbamates (subject to hydrolysis) is 1. The third kappa shape index (κ3) is 4.14. The number of fused-ring (bicyclic) bond motifs is 3. The van der Waals surface area contributed by atoms with Crippen LogP contribution in [0.5, 0.6) is 0 Å². The molecular formula is C24H22N2O3. The minimum Gasteiger partial charge on any atom is -0.449 e. The van der Waals surface area contributed by atoms with E-state index in [0.717, 1.165) is 11.8 Å². The predicted octanol–water partition coefficient (Wildman–Crippen LogP) is 4.77. The van der Waals surface area contributed by atoms with Crippen molar-refractivity contribution in [3.8, 4) is 11.1 Å². The first kappa shape index (κ1) is 18.7. The van der Waals surface area contributed by atoms with E-state index in [1.54, 1.807) is 12.3 Å². The van der Waals surface area contributed by atoms with Crippen molar-refractivity contribution < 1.29 is 14.3 Å². The SMILES string of the molecule is O=Cc1cc(C=CCCNC(=O)OCC2c3ccccc3-c3ccccc32)c[nH]1. The quantitative estimate of drug-likeness (QED) is 0.454. The molecule has 5 nitrogen and oxygen atoms in total. The number of hydrogen-bond acceptors (Lipinski definition) is 3. The molecule has 2 aromatic carbocycles. The zero-order chi connectivity index (χ0) is 20.1. The summed E-state index contributed by atoms with van der Waals surface area (Å²) in [7, 11) is 0. The Bertz CT molecular complexity index is 1010. The molecule has 1 amide bonds. The number of ether oxygens (including phenoxy) is 1. The highest BCUT2D eigenvalue weighted by atomic mass is 16.5. The highest BCUT2D eigenvalue weighted by molar-refractivity contribution is 5.79. The summed E-state index contributed by atoms with van der Waals surface area (Å²) in [4.78, 5) is 25.6. The number of H-pyrrole nitrogens is 1. The van der Waals surface area contributed by atoms with Gasteiger partial charge in [-0.1, -0.05) is 60.7 Å². The van der Waals surface area contributed by atoms with Crippen molar-refractivity contribution in [3.05, 3.63) is 89.3 Å². The minimum absolute atomic E-state index is 0.0636. The van der Waals surface area contributed by atoms with Gasteiger partial charge < -0.3 is 15.0 Å². The number of aldehydes is 1. The molecule has 29 heavy (non-hydrogen) atoms. The van der Waals surface area contributed by atoms with Gasteiger partial charge in [0.1, 0.15) is 6.61 Å². The molecule has 0 bridgehead atoms. The van der Waals surface area contributed by atoms with E-state index < -0.39 is 6.09 Å². The van der Waals surface area contributed by atoms with Gasteiger partial charge in [-0.05, 0) is 40.3 Å². The van der Waals surface area contributed by atoms with Gasteiger partial charge in [0.2, 0.25) is 0 Å². The lowest BCUT2D eigenvalue weighted by molar-refractivity contribution is 0.111. The molecule has 0 saturated carbocycles. The van der Waals surface area contributed by atoms with E-state index in [4.69, 9.17) is 4.74 Å². The Morgan fingerprint density at radius 1 is 1.07 bits per heavy atom. The lowest BCUT2D eigenvalue weighted by atomic mass is 9.98. The van der Waals surface area contributed by atoms with E-state index in [0.29, 0.717) is 25.3 Å². The van der Waals surface area contributed by atoms with E-state index in [1.165, 1.54) is 22.3 Å². The number of carbonyl (C=O) groups excluding carboxylic acids is 2. The van der Waals surface area contributed by atoms with Crippen molar-refractivity contribution in [1.29, 1.82) is 0 Å². The normalized spacial score (nSPS) is 12.6. The molecule has 1 aliphatic carbocycles. The van der Waals surface area contributed by atoms with Gasteiger partial charge in [0.25, 0.3) is 0 Å². The van der Waals surface area contributed by atoms with E-state index in [1.807, 2.05) is 36.4 Å². The van der Waals surface area contributed by atoms with Crippen LogP contribution < -0.4 is 5.32 Å².